The zero-order chi connectivity index (χ0) is 8.60. The van der Waals surface area contributed by atoms with Crippen LogP contribution in [0, 0.1) is 5.92 Å². The van der Waals surface area contributed by atoms with Gasteiger partial charge in [0.05, 0.1) is 0 Å². The third-order valence-electron chi connectivity index (χ3n) is 3.38. The van der Waals surface area contributed by atoms with Crippen molar-refractivity contribution in [2.45, 2.75) is 51.0 Å². The topological polar surface area (TPSA) is 26.3 Å². The Kier molecular flexibility index (Phi) is 1.85. The van der Waals surface area contributed by atoms with Gasteiger partial charge in [0.2, 0.25) is 0 Å². The van der Waals surface area contributed by atoms with Crippen LogP contribution in [-0.4, -0.2) is 11.6 Å². The van der Waals surface area contributed by atoms with E-state index in [1.54, 1.807) is 0 Å². The average Bonchev–Trinajstić information content (AvgIpc) is 2.05. The first kappa shape index (κ1) is 8.09. The molecule has 3 aliphatic rings. The summed E-state index contributed by atoms with van der Waals surface area (Å²) in [6, 6.07) is 0. The van der Waals surface area contributed by atoms with Gasteiger partial charge in [0, 0.05) is 6.92 Å². The highest BCUT2D eigenvalue weighted by molar-refractivity contribution is 5.66. The Labute approximate surface area is 73.3 Å². The number of carbonyl (C=O) groups is 1. The minimum atomic E-state index is -0.102. The zero-order valence-corrected chi connectivity index (χ0v) is 7.64. The molecular weight excluding hydrogens is 152 g/mol. The van der Waals surface area contributed by atoms with Gasteiger partial charge in [-0.15, -0.1) is 0 Å². The molecule has 0 radical (unpaired) electrons. The predicted molar refractivity (Wildman–Crippen MR) is 45.7 cm³/mol. The van der Waals surface area contributed by atoms with Crippen molar-refractivity contribution in [3.8, 4) is 0 Å². The second-order valence-electron chi connectivity index (χ2n) is 4.26. The first-order chi connectivity index (χ1) is 5.70. The van der Waals surface area contributed by atoms with Crippen molar-refractivity contribution in [3.63, 3.8) is 0 Å². The smallest absolute Gasteiger partial charge is 0.303 e. The maximum Gasteiger partial charge on any atom is 0.303 e. The number of hydrogen-bond acceptors (Lipinski definition) is 2. The summed E-state index contributed by atoms with van der Waals surface area (Å²) >= 11 is 0. The van der Waals surface area contributed by atoms with Gasteiger partial charge in [-0.2, -0.15) is 0 Å². The normalized spacial score (nSPS) is 39.6. The Balaban J connectivity index is 2.03. The molecule has 0 saturated heterocycles. The second-order valence-corrected chi connectivity index (χ2v) is 4.26. The van der Waals surface area contributed by atoms with E-state index in [9.17, 15) is 4.79 Å². The van der Waals surface area contributed by atoms with Crippen LogP contribution in [0.4, 0.5) is 0 Å². The van der Waals surface area contributed by atoms with Crippen LogP contribution in [0.1, 0.15) is 45.4 Å². The van der Waals surface area contributed by atoms with Crippen molar-refractivity contribution in [2.24, 2.45) is 5.92 Å². The Morgan fingerprint density at radius 2 is 1.75 bits per heavy atom. The summed E-state index contributed by atoms with van der Waals surface area (Å²) in [6.07, 6.45) is 7.14. The molecule has 3 fully saturated rings. The summed E-state index contributed by atoms with van der Waals surface area (Å²) in [4.78, 5) is 10.9. The van der Waals surface area contributed by atoms with Crippen LogP contribution in [0.2, 0.25) is 0 Å². The van der Waals surface area contributed by atoms with Gasteiger partial charge < -0.3 is 4.74 Å². The largest absolute Gasteiger partial charge is 0.459 e. The van der Waals surface area contributed by atoms with Gasteiger partial charge in [-0.05, 0) is 44.4 Å². The molecule has 0 aliphatic heterocycles. The molecule has 12 heavy (non-hydrogen) atoms. The highest BCUT2D eigenvalue weighted by Gasteiger charge is 2.42. The highest BCUT2D eigenvalue weighted by atomic mass is 16.6. The quantitative estimate of drug-likeness (QED) is 0.561. The third-order valence-corrected chi connectivity index (χ3v) is 3.38. The molecule has 3 saturated carbocycles. The van der Waals surface area contributed by atoms with Gasteiger partial charge in [-0.25, -0.2) is 0 Å². The number of carbonyl (C=O) groups excluding carboxylic acids is 1. The van der Waals surface area contributed by atoms with E-state index in [1.165, 1.54) is 26.2 Å². The number of esters is 1. The molecule has 2 bridgehead atoms. The molecule has 0 N–H and O–H groups in total. The Bertz CT molecular complexity index is 176. The molecule has 3 rings (SSSR count). The molecule has 0 atom stereocenters. The maximum atomic E-state index is 10.9. The van der Waals surface area contributed by atoms with E-state index in [0.717, 1.165) is 25.2 Å². The van der Waals surface area contributed by atoms with Gasteiger partial charge in [-0.1, -0.05) is 0 Å². The van der Waals surface area contributed by atoms with Crippen molar-refractivity contribution in [2.75, 3.05) is 0 Å². The third kappa shape index (κ3) is 1.35. The molecule has 0 amide bonds. The molecule has 0 aromatic heterocycles. The van der Waals surface area contributed by atoms with E-state index in [4.69, 9.17) is 4.74 Å². The van der Waals surface area contributed by atoms with Crippen molar-refractivity contribution >= 4 is 5.97 Å². The van der Waals surface area contributed by atoms with Crippen molar-refractivity contribution < 1.29 is 9.53 Å². The Morgan fingerprint density at radius 1 is 1.25 bits per heavy atom. The van der Waals surface area contributed by atoms with Crippen molar-refractivity contribution in [3.05, 3.63) is 0 Å². The molecule has 68 valence electrons. The predicted octanol–water partition coefficient (Wildman–Crippen LogP) is 2.27. The highest BCUT2D eigenvalue weighted by Crippen LogP contribution is 2.46. The van der Waals surface area contributed by atoms with Gasteiger partial charge in [0.25, 0.3) is 0 Å². The lowest BCUT2D eigenvalue weighted by Gasteiger charge is -2.45. The average molecular weight is 168 g/mol. The van der Waals surface area contributed by atoms with E-state index in [2.05, 4.69) is 0 Å². The van der Waals surface area contributed by atoms with Crippen LogP contribution in [0.3, 0.4) is 0 Å². The molecule has 2 heteroatoms. The molecule has 0 spiro atoms. The summed E-state index contributed by atoms with van der Waals surface area (Å²) in [6.45, 7) is 1.52. The monoisotopic (exact) mass is 168 g/mol. The van der Waals surface area contributed by atoms with Crippen molar-refractivity contribution in [1.82, 2.24) is 0 Å². The van der Waals surface area contributed by atoms with Crippen LogP contribution >= 0.6 is 0 Å². The minimum Gasteiger partial charge on any atom is -0.459 e. The second kappa shape index (κ2) is 2.75. The summed E-state index contributed by atoms with van der Waals surface area (Å²) in [7, 11) is 0. The van der Waals surface area contributed by atoms with Crippen molar-refractivity contribution in [1.29, 1.82) is 0 Å². The van der Waals surface area contributed by atoms with E-state index >= 15 is 0 Å². The lowest BCUT2D eigenvalue weighted by atomic mass is 9.68. The number of fused-ring (bicyclic) bond motifs is 3. The Hall–Kier alpha value is -0.530. The minimum absolute atomic E-state index is 0.0411. The summed E-state index contributed by atoms with van der Waals surface area (Å²) in [5.41, 5.74) is -0.0411. The lowest BCUT2D eigenvalue weighted by molar-refractivity contribution is -0.168. The maximum absolute atomic E-state index is 10.9. The fourth-order valence-corrected chi connectivity index (χ4v) is 2.67. The lowest BCUT2D eigenvalue weighted by Crippen LogP contribution is -2.43. The van der Waals surface area contributed by atoms with Crippen LogP contribution < -0.4 is 0 Å². The SMILES string of the molecule is CC(=O)OC12CCC(CC1)CC2. The van der Waals surface area contributed by atoms with Gasteiger partial charge in [0.15, 0.2) is 0 Å². The van der Waals surface area contributed by atoms with Crippen LogP contribution in [-0.2, 0) is 9.53 Å². The molecule has 2 nitrogen and oxygen atoms in total. The first-order valence-corrected chi connectivity index (χ1v) is 4.90. The molecule has 0 heterocycles. The van der Waals surface area contributed by atoms with E-state index in [1.807, 2.05) is 0 Å². The fraction of sp³-hybridized carbons (Fsp3) is 0.900. The van der Waals surface area contributed by atoms with Crippen LogP contribution in [0.25, 0.3) is 0 Å². The summed E-state index contributed by atoms with van der Waals surface area (Å²) in [5.74, 6) is 0.831. The fourth-order valence-electron chi connectivity index (χ4n) is 2.67. The molecule has 3 aliphatic carbocycles. The molecule has 0 unspecified atom stereocenters. The van der Waals surface area contributed by atoms with Crippen LogP contribution in [0.15, 0.2) is 0 Å². The van der Waals surface area contributed by atoms with Gasteiger partial charge in [0.1, 0.15) is 5.60 Å². The molecule has 0 aromatic carbocycles. The van der Waals surface area contributed by atoms with E-state index in [-0.39, 0.29) is 11.6 Å². The first-order valence-electron chi connectivity index (χ1n) is 4.90. The standard InChI is InChI=1S/C10H16O2/c1-8(11)12-10-5-2-9(3-6-10)4-7-10/h9H,2-7H2,1H3. The number of ether oxygens (including phenoxy) is 1. The van der Waals surface area contributed by atoms with Gasteiger partial charge >= 0.3 is 5.97 Å². The zero-order valence-electron chi connectivity index (χ0n) is 7.64. The molecular formula is C10H16O2. The molecule has 0 aromatic rings. The van der Waals surface area contributed by atoms with E-state index in [0.29, 0.717) is 0 Å². The summed E-state index contributed by atoms with van der Waals surface area (Å²) < 4.78 is 5.43. The summed E-state index contributed by atoms with van der Waals surface area (Å²) in [5, 5.41) is 0. The van der Waals surface area contributed by atoms with E-state index < -0.39 is 0 Å². The Morgan fingerprint density at radius 3 is 2.17 bits per heavy atom. The number of hydrogen-bond donors (Lipinski definition) is 0. The van der Waals surface area contributed by atoms with Gasteiger partial charge in [-0.3, -0.25) is 4.79 Å². The van der Waals surface area contributed by atoms with Crippen LogP contribution in [0.5, 0.6) is 0 Å². The number of rotatable bonds is 1.